The first-order valence-electron chi connectivity index (χ1n) is 6.56. The molecule has 0 aromatic rings. The molecule has 2 fully saturated rings. The molecule has 0 radical (unpaired) electrons. The maximum absolute atomic E-state index is 11.3. The molecule has 0 amide bonds. The highest BCUT2D eigenvalue weighted by Crippen LogP contribution is 2.26. The SMILES string of the molecule is O=C(O)C1CCCNC1N1CCCCC1C(=O)O. The van der Waals surface area contributed by atoms with Gasteiger partial charge in [0.15, 0.2) is 0 Å². The van der Waals surface area contributed by atoms with E-state index in [2.05, 4.69) is 5.32 Å². The smallest absolute Gasteiger partial charge is 0.320 e. The molecule has 0 spiro atoms. The van der Waals surface area contributed by atoms with Crippen molar-refractivity contribution in [3.05, 3.63) is 0 Å². The summed E-state index contributed by atoms with van der Waals surface area (Å²) in [6.45, 7) is 1.43. The standard InChI is InChI=1S/C12H20N2O4/c15-11(16)8-4-3-6-13-10(8)14-7-2-1-5-9(14)12(17)18/h8-10,13H,1-7H2,(H,15,16)(H,17,18). The molecule has 2 saturated heterocycles. The number of carboxylic acids is 2. The number of piperidine rings is 2. The van der Waals surface area contributed by atoms with Gasteiger partial charge in [0.1, 0.15) is 6.04 Å². The lowest BCUT2D eigenvalue weighted by molar-refractivity contribution is -0.154. The van der Waals surface area contributed by atoms with Crippen LogP contribution in [0.1, 0.15) is 32.1 Å². The highest BCUT2D eigenvalue weighted by Gasteiger charge is 2.40. The van der Waals surface area contributed by atoms with Crippen LogP contribution in [-0.4, -0.2) is 52.3 Å². The zero-order valence-electron chi connectivity index (χ0n) is 10.3. The number of carboxylic acid groups (broad SMARTS) is 2. The summed E-state index contributed by atoms with van der Waals surface area (Å²) in [5.74, 6) is -2.17. The van der Waals surface area contributed by atoms with Crippen LogP contribution in [0.5, 0.6) is 0 Å². The second-order valence-electron chi connectivity index (χ2n) is 5.07. The molecule has 0 saturated carbocycles. The van der Waals surface area contributed by atoms with Gasteiger partial charge in [-0.3, -0.25) is 14.5 Å². The number of carbonyl (C=O) groups is 2. The third-order valence-corrected chi connectivity index (χ3v) is 3.93. The number of aliphatic carboxylic acids is 2. The van der Waals surface area contributed by atoms with Crippen LogP contribution in [0.4, 0.5) is 0 Å². The molecule has 2 rings (SSSR count). The molecule has 0 aliphatic carbocycles. The summed E-state index contributed by atoms with van der Waals surface area (Å²) in [5.41, 5.74) is 0. The predicted molar refractivity (Wildman–Crippen MR) is 64.1 cm³/mol. The fourth-order valence-electron chi connectivity index (χ4n) is 3.03. The third kappa shape index (κ3) is 2.64. The van der Waals surface area contributed by atoms with E-state index in [9.17, 15) is 19.8 Å². The van der Waals surface area contributed by atoms with Crippen LogP contribution in [0.15, 0.2) is 0 Å². The predicted octanol–water partition coefficient (Wildman–Crippen LogP) is 0.336. The summed E-state index contributed by atoms with van der Waals surface area (Å²) in [6, 6.07) is -0.545. The minimum absolute atomic E-state index is 0.336. The molecule has 3 N–H and O–H groups in total. The molecule has 0 aromatic heterocycles. The van der Waals surface area contributed by atoms with E-state index in [1.165, 1.54) is 0 Å². The Morgan fingerprint density at radius 2 is 1.83 bits per heavy atom. The van der Waals surface area contributed by atoms with Crippen LogP contribution >= 0.6 is 0 Å². The fourth-order valence-corrected chi connectivity index (χ4v) is 3.03. The van der Waals surface area contributed by atoms with Crippen LogP contribution < -0.4 is 5.32 Å². The summed E-state index contributed by atoms with van der Waals surface area (Å²) in [5, 5.41) is 21.7. The molecule has 2 aliphatic heterocycles. The molecule has 6 heteroatoms. The quantitative estimate of drug-likeness (QED) is 0.674. The van der Waals surface area contributed by atoms with E-state index in [1.54, 1.807) is 0 Å². The van der Waals surface area contributed by atoms with Gasteiger partial charge in [0, 0.05) is 6.54 Å². The van der Waals surface area contributed by atoms with E-state index in [1.807, 2.05) is 4.90 Å². The van der Waals surface area contributed by atoms with Crippen LogP contribution in [0, 0.1) is 5.92 Å². The van der Waals surface area contributed by atoms with Gasteiger partial charge in [0.05, 0.1) is 12.1 Å². The number of likely N-dealkylation sites (tertiary alicyclic amines) is 1. The van der Waals surface area contributed by atoms with Crippen molar-refractivity contribution in [1.82, 2.24) is 10.2 Å². The van der Waals surface area contributed by atoms with Gasteiger partial charge in [0.25, 0.3) is 0 Å². The molecule has 3 atom stereocenters. The number of rotatable bonds is 3. The molecule has 2 heterocycles. The van der Waals surface area contributed by atoms with E-state index in [4.69, 9.17) is 0 Å². The molecule has 102 valence electrons. The largest absolute Gasteiger partial charge is 0.481 e. The van der Waals surface area contributed by atoms with Gasteiger partial charge in [-0.1, -0.05) is 6.42 Å². The molecule has 0 aromatic carbocycles. The minimum atomic E-state index is -0.841. The third-order valence-electron chi connectivity index (χ3n) is 3.93. The number of nitrogens with one attached hydrogen (secondary N) is 1. The van der Waals surface area contributed by atoms with Crippen molar-refractivity contribution in [2.24, 2.45) is 5.92 Å². The summed E-state index contributed by atoms with van der Waals surface area (Å²) in [4.78, 5) is 24.4. The Labute approximate surface area is 106 Å². The Hall–Kier alpha value is -1.14. The lowest BCUT2D eigenvalue weighted by Crippen LogP contribution is -2.61. The van der Waals surface area contributed by atoms with Gasteiger partial charge in [-0.05, 0) is 32.2 Å². The summed E-state index contributed by atoms with van der Waals surface area (Å²) < 4.78 is 0. The van der Waals surface area contributed by atoms with Gasteiger partial charge >= 0.3 is 11.9 Å². The Kier molecular flexibility index (Phi) is 4.19. The lowest BCUT2D eigenvalue weighted by atomic mass is 9.91. The normalized spacial score (nSPS) is 34.1. The number of hydrogen-bond acceptors (Lipinski definition) is 4. The van der Waals surface area contributed by atoms with Crippen LogP contribution in [0.2, 0.25) is 0 Å². The van der Waals surface area contributed by atoms with Crippen LogP contribution in [0.25, 0.3) is 0 Å². The van der Waals surface area contributed by atoms with Crippen molar-refractivity contribution in [3.63, 3.8) is 0 Å². The minimum Gasteiger partial charge on any atom is -0.481 e. The van der Waals surface area contributed by atoms with Crippen molar-refractivity contribution < 1.29 is 19.8 Å². The zero-order chi connectivity index (χ0) is 13.1. The fraction of sp³-hybridized carbons (Fsp3) is 0.833. The maximum atomic E-state index is 11.3. The number of nitrogens with zero attached hydrogens (tertiary/aromatic N) is 1. The topological polar surface area (TPSA) is 89.9 Å². The lowest BCUT2D eigenvalue weighted by Gasteiger charge is -2.43. The zero-order valence-corrected chi connectivity index (χ0v) is 10.3. The number of hydrogen-bond donors (Lipinski definition) is 3. The molecule has 2 aliphatic rings. The van der Waals surface area contributed by atoms with Gasteiger partial charge in [-0.2, -0.15) is 0 Å². The Morgan fingerprint density at radius 3 is 2.50 bits per heavy atom. The second kappa shape index (κ2) is 5.67. The van der Waals surface area contributed by atoms with E-state index >= 15 is 0 Å². The first-order valence-corrected chi connectivity index (χ1v) is 6.56. The van der Waals surface area contributed by atoms with Gasteiger partial charge < -0.3 is 15.5 Å². The van der Waals surface area contributed by atoms with E-state index < -0.39 is 23.9 Å². The van der Waals surface area contributed by atoms with Gasteiger partial charge in [-0.25, -0.2) is 0 Å². The Bertz CT molecular complexity index is 302. The van der Waals surface area contributed by atoms with Crippen molar-refractivity contribution in [2.45, 2.75) is 44.3 Å². The van der Waals surface area contributed by atoms with E-state index in [0.717, 1.165) is 25.8 Å². The van der Waals surface area contributed by atoms with Crippen molar-refractivity contribution >= 4 is 11.9 Å². The molecule has 18 heavy (non-hydrogen) atoms. The van der Waals surface area contributed by atoms with E-state index in [-0.39, 0.29) is 6.17 Å². The Balaban J connectivity index is 2.15. The average Bonchev–Trinajstić information content (AvgIpc) is 2.38. The van der Waals surface area contributed by atoms with Crippen LogP contribution in [0.3, 0.4) is 0 Å². The second-order valence-corrected chi connectivity index (χ2v) is 5.07. The van der Waals surface area contributed by atoms with Crippen molar-refractivity contribution in [2.75, 3.05) is 13.1 Å². The van der Waals surface area contributed by atoms with Crippen molar-refractivity contribution in [3.8, 4) is 0 Å². The maximum Gasteiger partial charge on any atom is 0.320 e. The molecule has 6 nitrogen and oxygen atoms in total. The average molecular weight is 256 g/mol. The summed E-state index contributed by atoms with van der Waals surface area (Å²) >= 11 is 0. The van der Waals surface area contributed by atoms with Gasteiger partial charge in [-0.15, -0.1) is 0 Å². The Morgan fingerprint density at radius 1 is 1.06 bits per heavy atom. The van der Waals surface area contributed by atoms with Gasteiger partial charge in [0.2, 0.25) is 0 Å². The molecular formula is C12H20N2O4. The highest BCUT2D eigenvalue weighted by atomic mass is 16.4. The van der Waals surface area contributed by atoms with Crippen molar-refractivity contribution in [1.29, 1.82) is 0 Å². The van der Waals surface area contributed by atoms with E-state index in [0.29, 0.717) is 19.4 Å². The molecular weight excluding hydrogens is 236 g/mol. The molecule has 3 unspecified atom stereocenters. The highest BCUT2D eigenvalue weighted by molar-refractivity contribution is 5.74. The summed E-state index contributed by atoms with van der Waals surface area (Å²) in [6.07, 6.45) is 3.57. The summed E-state index contributed by atoms with van der Waals surface area (Å²) in [7, 11) is 0. The molecule has 0 bridgehead atoms. The van der Waals surface area contributed by atoms with Crippen LogP contribution in [-0.2, 0) is 9.59 Å². The first kappa shape index (κ1) is 13.3. The first-order chi connectivity index (χ1) is 8.61. The monoisotopic (exact) mass is 256 g/mol.